The maximum atomic E-state index is 11.9. The van der Waals surface area contributed by atoms with Crippen molar-refractivity contribution in [2.24, 2.45) is 0 Å². The van der Waals surface area contributed by atoms with Crippen molar-refractivity contribution in [2.45, 2.75) is 33.6 Å². The highest BCUT2D eigenvalue weighted by Gasteiger charge is 2.14. The van der Waals surface area contributed by atoms with Gasteiger partial charge in [-0.15, -0.1) is 0 Å². The second kappa shape index (κ2) is 10.1. The minimum Gasteiger partial charge on any atom is -0.482 e. The Hall–Kier alpha value is -2.86. The summed E-state index contributed by atoms with van der Waals surface area (Å²) < 4.78 is 10.5. The summed E-state index contributed by atoms with van der Waals surface area (Å²) in [7, 11) is 0. The molecule has 6 nitrogen and oxygen atoms in total. The van der Waals surface area contributed by atoms with Gasteiger partial charge in [-0.1, -0.05) is 25.4 Å². The number of amides is 1. The van der Waals surface area contributed by atoms with Crippen molar-refractivity contribution in [1.29, 1.82) is 0 Å². The van der Waals surface area contributed by atoms with Gasteiger partial charge in [0.15, 0.2) is 19.0 Å². The normalized spacial score (nSPS) is 10.6. The Bertz CT molecular complexity index is 906. The van der Waals surface area contributed by atoms with Crippen LogP contribution >= 0.6 is 11.6 Å². The molecule has 29 heavy (non-hydrogen) atoms. The number of hydrogen-bond donors (Lipinski definition) is 1. The number of ketones is 1. The molecular formula is C22H24ClNO5. The Morgan fingerprint density at radius 2 is 1.72 bits per heavy atom. The number of ether oxygens (including phenoxy) is 2. The van der Waals surface area contributed by atoms with E-state index < -0.39 is 18.5 Å². The van der Waals surface area contributed by atoms with Gasteiger partial charge in [0, 0.05) is 16.3 Å². The van der Waals surface area contributed by atoms with Crippen molar-refractivity contribution in [2.75, 3.05) is 18.5 Å². The third kappa shape index (κ3) is 6.61. The van der Waals surface area contributed by atoms with Gasteiger partial charge in [0.25, 0.3) is 5.91 Å². The Kier molecular flexibility index (Phi) is 7.79. The topological polar surface area (TPSA) is 81.7 Å². The largest absolute Gasteiger partial charge is 0.482 e. The first-order valence-corrected chi connectivity index (χ1v) is 9.54. The first-order chi connectivity index (χ1) is 13.7. The minimum absolute atomic E-state index is 0.0617. The molecule has 2 rings (SSSR count). The van der Waals surface area contributed by atoms with E-state index in [0.717, 1.165) is 11.1 Å². The van der Waals surface area contributed by atoms with E-state index in [1.54, 1.807) is 30.3 Å². The molecule has 2 aromatic rings. The summed E-state index contributed by atoms with van der Waals surface area (Å²) in [4.78, 5) is 35.1. The van der Waals surface area contributed by atoms with Crippen molar-refractivity contribution >= 4 is 34.9 Å². The maximum Gasteiger partial charge on any atom is 0.344 e. The van der Waals surface area contributed by atoms with E-state index in [1.165, 1.54) is 6.92 Å². The summed E-state index contributed by atoms with van der Waals surface area (Å²) in [5, 5.41) is 3.23. The van der Waals surface area contributed by atoms with Crippen LogP contribution in [0.4, 0.5) is 5.69 Å². The molecular weight excluding hydrogens is 394 g/mol. The zero-order chi connectivity index (χ0) is 21.6. The molecule has 0 bridgehead atoms. The molecule has 0 fully saturated rings. The van der Waals surface area contributed by atoms with E-state index >= 15 is 0 Å². The number of rotatable bonds is 8. The first kappa shape index (κ1) is 22.4. The monoisotopic (exact) mass is 417 g/mol. The lowest BCUT2D eigenvalue weighted by Crippen LogP contribution is -2.23. The van der Waals surface area contributed by atoms with Crippen LogP contribution in [-0.2, 0) is 14.3 Å². The maximum absolute atomic E-state index is 11.9. The predicted molar refractivity (Wildman–Crippen MR) is 112 cm³/mol. The van der Waals surface area contributed by atoms with Crippen LogP contribution in [0.2, 0.25) is 5.02 Å². The number of esters is 1. The highest BCUT2D eigenvalue weighted by Crippen LogP contribution is 2.32. The van der Waals surface area contributed by atoms with Gasteiger partial charge in [-0.25, -0.2) is 4.79 Å². The van der Waals surface area contributed by atoms with Crippen LogP contribution in [0.25, 0.3) is 0 Å². The summed E-state index contributed by atoms with van der Waals surface area (Å²) in [6, 6.07) is 10.0. The van der Waals surface area contributed by atoms with Gasteiger partial charge in [0.2, 0.25) is 0 Å². The fourth-order valence-corrected chi connectivity index (χ4v) is 2.73. The molecule has 0 saturated carbocycles. The van der Waals surface area contributed by atoms with Crippen LogP contribution in [0, 0.1) is 6.92 Å². The van der Waals surface area contributed by atoms with Crippen molar-refractivity contribution in [3.8, 4) is 5.75 Å². The predicted octanol–water partition coefficient (Wildman–Crippen LogP) is 4.54. The number of hydrogen-bond acceptors (Lipinski definition) is 5. The van der Waals surface area contributed by atoms with E-state index in [9.17, 15) is 14.4 Å². The lowest BCUT2D eigenvalue weighted by Gasteiger charge is -2.15. The molecule has 0 aromatic heterocycles. The first-order valence-electron chi connectivity index (χ1n) is 9.16. The minimum atomic E-state index is -0.658. The average molecular weight is 418 g/mol. The Morgan fingerprint density at radius 3 is 2.31 bits per heavy atom. The van der Waals surface area contributed by atoms with Crippen LogP contribution < -0.4 is 10.1 Å². The van der Waals surface area contributed by atoms with Crippen molar-refractivity contribution in [1.82, 2.24) is 0 Å². The van der Waals surface area contributed by atoms with Crippen LogP contribution in [0.1, 0.15) is 48.2 Å². The molecule has 0 spiro atoms. The van der Waals surface area contributed by atoms with Gasteiger partial charge in [-0.05, 0) is 67.3 Å². The average Bonchev–Trinajstić information content (AvgIpc) is 2.67. The smallest absolute Gasteiger partial charge is 0.344 e. The highest BCUT2D eigenvalue weighted by molar-refractivity contribution is 6.31. The molecule has 0 saturated heterocycles. The molecule has 0 aliphatic rings. The number of carbonyl (C=O) groups is 3. The number of anilines is 1. The third-order valence-corrected chi connectivity index (χ3v) is 4.61. The van der Waals surface area contributed by atoms with E-state index in [1.807, 2.05) is 26.8 Å². The molecule has 1 amide bonds. The van der Waals surface area contributed by atoms with E-state index in [4.69, 9.17) is 21.1 Å². The molecule has 7 heteroatoms. The zero-order valence-electron chi connectivity index (χ0n) is 16.9. The van der Waals surface area contributed by atoms with Crippen LogP contribution in [0.3, 0.4) is 0 Å². The van der Waals surface area contributed by atoms with Gasteiger partial charge in [0.1, 0.15) is 5.75 Å². The molecule has 0 aliphatic heterocycles. The Labute approximate surface area is 175 Å². The SMILES string of the molecule is CC(=O)c1ccc(NC(=O)COC(=O)COc2cc(C)c(Cl)cc2C(C)C)cc1. The molecule has 0 unspecified atom stereocenters. The van der Waals surface area contributed by atoms with Gasteiger partial charge in [0.05, 0.1) is 0 Å². The number of aryl methyl sites for hydroxylation is 1. The van der Waals surface area contributed by atoms with E-state index in [0.29, 0.717) is 22.0 Å². The molecule has 154 valence electrons. The lowest BCUT2D eigenvalue weighted by molar-refractivity contribution is -0.149. The van der Waals surface area contributed by atoms with Crippen molar-refractivity contribution in [3.05, 3.63) is 58.1 Å². The second-order valence-corrected chi connectivity index (χ2v) is 7.33. The van der Waals surface area contributed by atoms with Crippen LogP contribution in [0.5, 0.6) is 5.75 Å². The van der Waals surface area contributed by atoms with E-state index in [2.05, 4.69) is 5.32 Å². The number of nitrogens with one attached hydrogen (secondary N) is 1. The molecule has 1 N–H and O–H groups in total. The van der Waals surface area contributed by atoms with Crippen molar-refractivity contribution in [3.63, 3.8) is 0 Å². The van der Waals surface area contributed by atoms with Gasteiger partial charge < -0.3 is 14.8 Å². The zero-order valence-corrected chi connectivity index (χ0v) is 17.6. The van der Waals surface area contributed by atoms with Crippen LogP contribution in [0.15, 0.2) is 36.4 Å². The van der Waals surface area contributed by atoms with Gasteiger partial charge in [-0.2, -0.15) is 0 Å². The van der Waals surface area contributed by atoms with Gasteiger partial charge in [-0.3, -0.25) is 9.59 Å². The summed E-state index contributed by atoms with van der Waals surface area (Å²) in [5.74, 6) is -0.477. The second-order valence-electron chi connectivity index (χ2n) is 6.92. The number of benzene rings is 2. The quantitative estimate of drug-likeness (QED) is 0.504. The summed E-state index contributed by atoms with van der Waals surface area (Å²) in [5.41, 5.74) is 2.78. The van der Waals surface area contributed by atoms with Gasteiger partial charge >= 0.3 is 5.97 Å². The summed E-state index contributed by atoms with van der Waals surface area (Å²) in [6.07, 6.45) is 0. The molecule has 2 aromatic carbocycles. The Morgan fingerprint density at radius 1 is 1.07 bits per heavy atom. The standard InChI is InChI=1S/C22H24ClNO5/c1-13(2)18-10-19(23)14(3)9-20(18)28-12-22(27)29-11-21(26)24-17-7-5-16(6-8-17)15(4)25/h5-10,13H,11-12H2,1-4H3,(H,24,26). The molecule has 0 aliphatic carbocycles. The number of carbonyl (C=O) groups excluding carboxylic acids is 3. The summed E-state index contributed by atoms with van der Waals surface area (Å²) >= 11 is 6.16. The molecule has 0 radical (unpaired) electrons. The molecule has 0 atom stereocenters. The number of Topliss-reactive ketones (excluding diaryl/α,β-unsaturated/α-hetero) is 1. The lowest BCUT2D eigenvalue weighted by atomic mass is 10.0. The highest BCUT2D eigenvalue weighted by atomic mass is 35.5. The fraction of sp³-hybridized carbons (Fsp3) is 0.318. The van der Waals surface area contributed by atoms with Crippen molar-refractivity contribution < 1.29 is 23.9 Å². The Balaban J connectivity index is 1.85. The number of halogens is 1. The summed E-state index contributed by atoms with van der Waals surface area (Å²) in [6.45, 7) is 6.56. The van der Waals surface area contributed by atoms with E-state index in [-0.39, 0.29) is 18.3 Å². The third-order valence-electron chi connectivity index (χ3n) is 4.20. The fourth-order valence-electron chi connectivity index (χ4n) is 2.56. The van der Waals surface area contributed by atoms with Crippen LogP contribution in [-0.4, -0.2) is 30.9 Å². The molecule has 0 heterocycles.